The van der Waals surface area contributed by atoms with Gasteiger partial charge >= 0.3 is 0 Å². The maximum absolute atomic E-state index is 5.90. The van der Waals surface area contributed by atoms with Gasteiger partial charge in [0.05, 0.1) is 6.61 Å². The standard InChI is InChI=1S/C13H14O2S/c1-2-8-14-13(6-1)7-5-11(15-13)10-12-4-3-9-16-12/h3-5,7,9-10H,1-2,6,8H2. The zero-order chi connectivity index (χ0) is 10.8. The van der Waals surface area contributed by atoms with Gasteiger partial charge in [-0.25, -0.2) is 0 Å². The second-order valence-corrected chi connectivity index (χ2v) is 5.09. The summed E-state index contributed by atoms with van der Waals surface area (Å²) >= 11 is 1.71. The molecule has 0 amide bonds. The summed E-state index contributed by atoms with van der Waals surface area (Å²) in [7, 11) is 0. The third-order valence-electron chi connectivity index (χ3n) is 2.89. The molecule has 3 heterocycles. The zero-order valence-corrected chi connectivity index (χ0v) is 9.83. The van der Waals surface area contributed by atoms with Crippen LogP contribution in [-0.2, 0) is 9.47 Å². The Kier molecular flexibility index (Phi) is 2.58. The molecule has 1 fully saturated rings. The molecule has 84 valence electrons. The smallest absolute Gasteiger partial charge is 0.230 e. The summed E-state index contributed by atoms with van der Waals surface area (Å²) in [6, 6.07) is 4.13. The highest BCUT2D eigenvalue weighted by Crippen LogP contribution is 2.35. The lowest BCUT2D eigenvalue weighted by Crippen LogP contribution is -2.34. The minimum absolute atomic E-state index is 0.457. The summed E-state index contributed by atoms with van der Waals surface area (Å²) in [6.45, 7) is 0.802. The van der Waals surface area contributed by atoms with E-state index >= 15 is 0 Å². The van der Waals surface area contributed by atoms with Gasteiger partial charge in [0.25, 0.3) is 0 Å². The van der Waals surface area contributed by atoms with Gasteiger partial charge in [0.2, 0.25) is 5.79 Å². The van der Waals surface area contributed by atoms with Crippen LogP contribution in [0.3, 0.4) is 0 Å². The largest absolute Gasteiger partial charge is 0.459 e. The molecule has 0 aliphatic carbocycles. The van der Waals surface area contributed by atoms with Crippen LogP contribution in [0, 0.1) is 0 Å². The molecular formula is C13H14O2S. The summed E-state index contributed by atoms with van der Waals surface area (Å²) in [5.74, 6) is 0.450. The molecule has 0 bridgehead atoms. The molecule has 0 N–H and O–H groups in total. The molecule has 3 rings (SSSR count). The Labute approximate surface area is 99.2 Å². The molecule has 3 heteroatoms. The predicted octanol–water partition coefficient (Wildman–Crippen LogP) is 3.57. The molecule has 0 aromatic carbocycles. The molecule has 1 aromatic rings. The van der Waals surface area contributed by atoms with Crippen molar-refractivity contribution in [3.05, 3.63) is 40.3 Å². The second kappa shape index (κ2) is 4.07. The van der Waals surface area contributed by atoms with Gasteiger partial charge in [-0.2, -0.15) is 0 Å². The maximum atomic E-state index is 5.90. The molecule has 1 aromatic heterocycles. The topological polar surface area (TPSA) is 18.5 Å². The van der Waals surface area contributed by atoms with E-state index in [-0.39, 0.29) is 0 Å². The van der Waals surface area contributed by atoms with Gasteiger partial charge in [0.15, 0.2) is 0 Å². The quantitative estimate of drug-likeness (QED) is 0.739. The molecule has 0 radical (unpaired) electrons. The Bertz CT molecular complexity index is 411. The highest BCUT2D eigenvalue weighted by atomic mass is 32.1. The van der Waals surface area contributed by atoms with Crippen molar-refractivity contribution in [2.24, 2.45) is 0 Å². The van der Waals surface area contributed by atoms with Crippen LogP contribution in [0.25, 0.3) is 6.08 Å². The monoisotopic (exact) mass is 234 g/mol. The first-order valence-corrected chi connectivity index (χ1v) is 6.52. The van der Waals surface area contributed by atoms with Gasteiger partial charge in [-0.3, -0.25) is 0 Å². The van der Waals surface area contributed by atoms with E-state index in [1.807, 2.05) is 18.2 Å². The van der Waals surface area contributed by atoms with Gasteiger partial charge in [-0.05, 0) is 42.5 Å². The van der Waals surface area contributed by atoms with E-state index in [9.17, 15) is 0 Å². The first-order valence-electron chi connectivity index (χ1n) is 5.64. The summed E-state index contributed by atoms with van der Waals surface area (Å²) in [5, 5.41) is 2.07. The number of hydrogen-bond acceptors (Lipinski definition) is 3. The fourth-order valence-electron chi connectivity index (χ4n) is 2.07. The summed E-state index contributed by atoms with van der Waals surface area (Å²) in [6.07, 6.45) is 9.41. The van der Waals surface area contributed by atoms with Crippen LogP contribution in [-0.4, -0.2) is 12.4 Å². The number of thiophene rings is 1. The molecule has 2 aliphatic heterocycles. The summed E-state index contributed by atoms with van der Waals surface area (Å²) < 4.78 is 11.6. The van der Waals surface area contributed by atoms with E-state index < -0.39 is 5.79 Å². The van der Waals surface area contributed by atoms with Crippen molar-refractivity contribution in [1.82, 2.24) is 0 Å². The van der Waals surface area contributed by atoms with Gasteiger partial charge in [0, 0.05) is 11.3 Å². The normalized spacial score (nSPS) is 31.1. The van der Waals surface area contributed by atoms with Crippen molar-refractivity contribution in [1.29, 1.82) is 0 Å². The minimum atomic E-state index is -0.457. The SMILES string of the molecule is C1=CC2(CCCCO2)OC1=Cc1cccs1. The third kappa shape index (κ3) is 1.93. The Morgan fingerprint density at radius 2 is 2.38 bits per heavy atom. The average Bonchev–Trinajstić information content (AvgIpc) is 2.92. The minimum Gasteiger partial charge on any atom is -0.459 e. The van der Waals surface area contributed by atoms with Crippen molar-refractivity contribution in [3.63, 3.8) is 0 Å². The van der Waals surface area contributed by atoms with E-state index in [0.29, 0.717) is 0 Å². The van der Waals surface area contributed by atoms with Crippen molar-refractivity contribution < 1.29 is 9.47 Å². The van der Waals surface area contributed by atoms with Crippen LogP contribution in [0.4, 0.5) is 0 Å². The summed E-state index contributed by atoms with van der Waals surface area (Å²) in [4.78, 5) is 1.22. The van der Waals surface area contributed by atoms with Crippen LogP contribution < -0.4 is 0 Å². The molecular weight excluding hydrogens is 220 g/mol. The lowest BCUT2D eigenvalue weighted by atomic mass is 10.1. The first-order chi connectivity index (χ1) is 7.86. The van der Waals surface area contributed by atoms with Crippen molar-refractivity contribution >= 4 is 17.4 Å². The van der Waals surface area contributed by atoms with Crippen LogP contribution >= 0.6 is 11.3 Å². The third-order valence-corrected chi connectivity index (χ3v) is 3.71. The lowest BCUT2D eigenvalue weighted by Gasteiger charge is -2.31. The average molecular weight is 234 g/mol. The van der Waals surface area contributed by atoms with E-state index in [1.54, 1.807) is 11.3 Å². The highest BCUT2D eigenvalue weighted by molar-refractivity contribution is 7.10. The van der Waals surface area contributed by atoms with Crippen molar-refractivity contribution in [2.45, 2.75) is 25.0 Å². The van der Waals surface area contributed by atoms with Gasteiger partial charge in [0.1, 0.15) is 5.76 Å². The number of ether oxygens (including phenoxy) is 2. The predicted molar refractivity (Wildman–Crippen MR) is 65.1 cm³/mol. The first kappa shape index (κ1) is 10.1. The van der Waals surface area contributed by atoms with Crippen molar-refractivity contribution in [3.8, 4) is 0 Å². The Balaban J connectivity index is 1.76. The fourth-order valence-corrected chi connectivity index (χ4v) is 2.73. The Morgan fingerprint density at radius 1 is 1.38 bits per heavy atom. The molecule has 16 heavy (non-hydrogen) atoms. The van der Waals surface area contributed by atoms with E-state index in [0.717, 1.165) is 25.2 Å². The molecule has 0 saturated carbocycles. The van der Waals surface area contributed by atoms with Crippen LogP contribution in [0.15, 0.2) is 35.4 Å². The fraction of sp³-hybridized carbons (Fsp3) is 0.385. The molecule has 2 nitrogen and oxygen atoms in total. The zero-order valence-electron chi connectivity index (χ0n) is 9.02. The molecule has 2 aliphatic rings. The van der Waals surface area contributed by atoms with E-state index in [4.69, 9.17) is 9.47 Å². The van der Waals surface area contributed by atoms with Crippen LogP contribution in [0.2, 0.25) is 0 Å². The highest BCUT2D eigenvalue weighted by Gasteiger charge is 2.36. The molecule has 1 atom stereocenters. The van der Waals surface area contributed by atoms with Gasteiger partial charge in [-0.15, -0.1) is 11.3 Å². The lowest BCUT2D eigenvalue weighted by molar-refractivity contribution is -0.191. The Morgan fingerprint density at radius 3 is 3.12 bits per heavy atom. The maximum Gasteiger partial charge on any atom is 0.230 e. The summed E-state index contributed by atoms with van der Waals surface area (Å²) in [5.41, 5.74) is 0. The Hall–Kier alpha value is -1.06. The van der Waals surface area contributed by atoms with Crippen LogP contribution in [0.5, 0.6) is 0 Å². The van der Waals surface area contributed by atoms with Crippen LogP contribution in [0.1, 0.15) is 24.1 Å². The van der Waals surface area contributed by atoms with E-state index in [2.05, 4.69) is 17.5 Å². The molecule has 1 saturated heterocycles. The number of allylic oxidation sites excluding steroid dienone is 1. The molecule has 1 unspecified atom stereocenters. The molecule has 1 spiro atoms. The number of rotatable bonds is 1. The second-order valence-electron chi connectivity index (χ2n) is 4.11. The van der Waals surface area contributed by atoms with Gasteiger partial charge < -0.3 is 9.47 Å². The van der Waals surface area contributed by atoms with Crippen molar-refractivity contribution in [2.75, 3.05) is 6.61 Å². The number of hydrogen-bond donors (Lipinski definition) is 0. The van der Waals surface area contributed by atoms with E-state index in [1.165, 1.54) is 11.3 Å². The van der Waals surface area contributed by atoms with Gasteiger partial charge in [-0.1, -0.05) is 6.07 Å².